The lowest BCUT2D eigenvalue weighted by Crippen LogP contribution is -2.19. The molecule has 0 saturated heterocycles. The van der Waals surface area contributed by atoms with E-state index in [4.69, 9.17) is 11.6 Å². The lowest BCUT2D eigenvalue weighted by molar-refractivity contribution is -0.385. The highest BCUT2D eigenvalue weighted by molar-refractivity contribution is 7.09. The van der Waals surface area contributed by atoms with Crippen molar-refractivity contribution in [1.29, 1.82) is 0 Å². The largest absolute Gasteiger partial charge is 0.349 e. The van der Waals surface area contributed by atoms with E-state index in [1.54, 1.807) is 30.2 Å². The minimum Gasteiger partial charge on any atom is -0.349 e. The quantitative estimate of drug-likeness (QED) is 0.493. The van der Waals surface area contributed by atoms with E-state index < -0.39 is 4.92 Å². The highest BCUT2D eigenvalue weighted by atomic mass is 35.5. The minimum atomic E-state index is -0.480. The van der Waals surface area contributed by atoms with Gasteiger partial charge in [0.25, 0.3) is 0 Å². The molecule has 2 aromatic rings. The monoisotopic (exact) mass is 298 g/mol. The maximum absolute atomic E-state index is 11.1. The Morgan fingerprint density at radius 3 is 2.84 bits per heavy atom. The molecule has 0 saturated carbocycles. The Morgan fingerprint density at radius 2 is 2.26 bits per heavy atom. The molecule has 0 bridgehead atoms. The first-order valence-electron chi connectivity index (χ1n) is 5.41. The molecule has 0 spiro atoms. The van der Waals surface area contributed by atoms with Gasteiger partial charge in [-0.2, -0.15) is 4.98 Å². The number of hydrogen-bond donors (Lipinski definition) is 0. The van der Waals surface area contributed by atoms with Crippen LogP contribution in [0.2, 0.25) is 5.28 Å². The minimum absolute atomic E-state index is 0.0103. The Balaban J connectivity index is 2.40. The van der Waals surface area contributed by atoms with Gasteiger partial charge in [-0.1, -0.05) is 6.07 Å². The van der Waals surface area contributed by atoms with Crippen LogP contribution in [0.15, 0.2) is 17.5 Å². The van der Waals surface area contributed by atoms with E-state index in [0.29, 0.717) is 6.54 Å². The fourth-order valence-electron chi connectivity index (χ4n) is 1.71. The van der Waals surface area contributed by atoms with Crippen LogP contribution in [0.1, 0.15) is 10.6 Å². The molecule has 8 heteroatoms. The molecule has 0 aliphatic carbocycles. The predicted octanol–water partition coefficient (Wildman–Crippen LogP) is 3.04. The molecule has 0 aromatic carbocycles. The molecule has 0 unspecified atom stereocenters. The fraction of sp³-hybridized carbons (Fsp3) is 0.273. The standard InChI is InChI=1S/C11H11ClN4O2S/c1-7-9(16(17)18)10(14-11(12)13-7)15(2)6-8-4-3-5-19-8/h3-5H,6H2,1-2H3. The Bertz CT molecular complexity index is 603. The van der Waals surface area contributed by atoms with Crippen molar-refractivity contribution in [3.8, 4) is 0 Å². The summed E-state index contributed by atoms with van der Waals surface area (Å²) in [6.45, 7) is 2.08. The maximum atomic E-state index is 11.1. The van der Waals surface area contributed by atoms with E-state index in [9.17, 15) is 10.1 Å². The van der Waals surface area contributed by atoms with Crippen molar-refractivity contribution in [2.24, 2.45) is 0 Å². The Hall–Kier alpha value is -1.73. The van der Waals surface area contributed by atoms with Crippen LogP contribution in [0, 0.1) is 17.0 Å². The van der Waals surface area contributed by atoms with Crippen molar-refractivity contribution >= 4 is 34.4 Å². The van der Waals surface area contributed by atoms with Crippen LogP contribution in [-0.4, -0.2) is 21.9 Å². The van der Waals surface area contributed by atoms with Crippen molar-refractivity contribution in [3.05, 3.63) is 43.5 Å². The summed E-state index contributed by atoms with van der Waals surface area (Å²) in [5, 5.41) is 13.1. The number of thiophene rings is 1. The summed E-state index contributed by atoms with van der Waals surface area (Å²) in [4.78, 5) is 21.2. The molecule has 0 fully saturated rings. The molecule has 19 heavy (non-hydrogen) atoms. The van der Waals surface area contributed by atoms with Crippen LogP contribution in [0.25, 0.3) is 0 Å². The van der Waals surface area contributed by atoms with Gasteiger partial charge >= 0.3 is 5.69 Å². The van der Waals surface area contributed by atoms with E-state index >= 15 is 0 Å². The van der Waals surface area contributed by atoms with Gasteiger partial charge in [0.05, 0.1) is 11.5 Å². The summed E-state index contributed by atoms with van der Waals surface area (Å²) in [6, 6.07) is 3.89. The number of nitro groups is 1. The van der Waals surface area contributed by atoms with Crippen LogP contribution in [0.5, 0.6) is 0 Å². The second-order valence-corrected chi connectivity index (χ2v) is 5.31. The van der Waals surface area contributed by atoms with Crippen molar-refractivity contribution < 1.29 is 4.92 Å². The van der Waals surface area contributed by atoms with Gasteiger partial charge in [0.2, 0.25) is 11.1 Å². The van der Waals surface area contributed by atoms with Crippen LogP contribution >= 0.6 is 22.9 Å². The zero-order valence-electron chi connectivity index (χ0n) is 10.3. The average Bonchev–Trinajstić information content (AvgIpc) is 2.79. The maximum Gasteiger partial charge on any atom is 0.332 e. The number of hydrogen-bond acceptors (Lipinski definition) is 6. The van der Waals surface area contributed by atoms with Crippen molar-refractivity contribution in [2.75, 3.05) is 11.9 Å². The van der Waals surface area contributed by atoms with Crippen LogP contribution < -0.4 is 4.90 Å². The molecule has 2 rings (SSSR count). The van der Waals surface area contributed by atoms with E-state index in [2.05, 4.69) is 9.97 Å². The van der Waals surface area contributed by atoms with Crippen molar-refractivity contribution in [1.82, 2.24) is 9.97 Å². The lowest BCUT2D eigenvalue weighted by Gasteiger charge is -2.17. The Labute approximate surface area is 118 Å². The van der Waals surface area contributed by atoms with E-state index in [1.807, 2.05) is 17.5 Å². The zero-order valence-corrected chi connectivity index (χ0v) is 11.9. The third-order valence-electron chi connectivity index (χ3n) is 2.53. The van der Waals surface area contributed by atoms with E-state index in [1.165, 1.54) is 0 Å². The molecule has 100 valence electrons. The van der Waals surface area contributed by atoms with Crippen molar-refractivity contribution in [3.63, 3.8) is 0 Å². The molecule has 0 N–H and O–H groups in total. The zero-order chi connectivity index (χ0) is 14.0. The second-order valence-electron chi connectivity index (χ2n) is 3.94. The molecule has 2 aromatic heterocycles. The summed E-state index contributed by atoms with van der Waals surface area (Å²) in [7, 11) is 1.74. The molecule has 2 heterocycles. The Kier molecular flexibility index (Phi) is 3.96. The fourth-order valence-corrected chi connectivity index (χ4v) is 2.67. The third kappa shape index (κ3) is 2.99. The Morgan fingerprint density at radius 1 is 1.53 bits per heavy atom. The third-order valence-corrected chi connectivity index (χ3v) is 3.56. The van der Waals surface area contributed by atoms with Gasteiger partial charge in [-0.3, -0.25) is 10.1 Å². The predicted molar refractivity (Wildman–Crippen MR) is 74.9 cm³/mol. The lowest BCUT2D eigenvalue weighted by atomic mass is 10.3. The summed E-state index contributed by atoms with van der Waals surface area (Å²) in [5.41, 5.74) is 0.154. The van der Waals surface area contributed by atoms with Crippen molar-refractivity contribution in [2.45, 2.75) is 13.5 Å². The number of halogens is 1. The average molecular weight is 299 g/mol. The first-order chi connectivity index (χ1) is 8.99. The number of aryl methyl sites for hydroxylation is 1. The summed E-state index contributed by atoms with van der Waals surface area (Å²) >= 11 is 7.36. The number of aromatic nitrogens is 2. The van der Waals surface area contributed by atoms with Gasteiger partial charge in [-0.15, -0.1) is 11.3 Å². The van der Waals surface area contributed by atoms with Gasteiger partial charge < -0.3 is 4.90 Å². The van der Waals surface area contributed by atoms with Crippen LogP contribution in [0.4, 0.5) is 11.5 Å². The summed E-state index contributed by atoms with van der Waals surface area (Å²) in [5.74, 6) is 0.232. The molecule has 0 radical (unpaired) electrons. The number of anilines is 1. The van der Waals surface area contributed by atoms with Crippen LogP contribution in [0.3, 0.4) is 0 Å². The highest BCUT2D eigenvalue weighted by Gasteiger charge is 2.24. The smallest absolute Gasteiger partial charge is 0.332 e. The SMILES string of the molecule is Cc1nc(Cl)nc(N(C)Cc2cccs2)c1[N+](=O)[O-]. The van der Waals surface area contributed by atoms with E-state index in [0.717, 1.165) is 4.88 Å². The topological polar surface area (TPSA) is 72.2 Å². The molecule has 0 atom stereocenters. The van der Waals surface area contributed by atoms with Gasteiger partial charge in [0.1, 0.15) is 5.69 Å². The summed E-state index contributed by atoms with van der Waals surface area (Å²) < 4.78 is 0. The first kappa shape index (κ1) is 13.7. The second kappa shape index (κ2) is 5.50. The normalized spacial score (nSPS) is 10.5. The molecule has 0 aliphatic rings. The molecule has 0 amide bonds. The van der Waals surface area contributed by atoms with Crippen LogP contribution in [-0.2, 0) is 6.54 Å². The van der Waals surface area contributed by atoms with Gasteiger partial charge in [-0.25, -0.2) is 4.98 Å². The number of nitrogens with zero attached hydrogens (tertiary/aromatic N) is 4. The summed E-state index contributed by atoms with van der Waals surface area (Å²) in [6.07, 6.45) is 0. The molecule has 6 nitrogen and oxygen atoms in total. The molecular formula is C11H11ClN4O2S. The van der Waals surface area contributed by atoms with Gasteiger partial charge in [0, 0.05) is 11.9 Å². The van der Waals surface area contributed by atoms with E-state index in [-0.39, 0.29) is 22.5 Å². The highest BCUT2D eigenvalue weighted by Crippen LogP contribution is 2.30. The molecular weight excluding hydrogens is 288 g/mol. The number of rotatable bonds is 4. The first-order valence-corrected chi connectivity index (χ1v) is 6.67. The molecule has 0 aliphatic heterocycles. The van der Waals surface area contributed by atoms with Gasteiger partial charge in [-0.05, 0) is 30.0 Å². The van der Waals surface area contributed by atoms with Gasteiger partial charge in [0.15, 0.2) is 0 Å².